The van der Waals surface area contributed by atoms with E-state index in [1.165, 1.54) is 0 Å². The number of primary amides is 1. The summed E-state index contributed by atoms with van der Waals surface area (Å²) in [7, 11) is 0. The van der Waals surface area contributed by atoms with Crippen molar-refractivity contribution in [3.63, 3.8) is 0 Å². The zero-order chi connectivity index (χ0) is 16.4. The van der Waals surface area contributed by atoms with Crippen molar-refractivity contribution in [3.8, 4) is 0 Å². The van der Waals surface area contributed by atoms with Gasteiger partial charge in [0.05, 0.1) is 11.1 Å². The third kappa shape index (κ3) is 3.60. The van der Waals surface area contributed by atoms with Crippen LogP contribution in [0.1, 0.15) is 46.4 Å². The van der Waals surface area contributed by atoms with E-state index in [1.54, 1.807) is 0 Å². The van der Waals surface area contributed by atoms with E-state index >= 15 is 0 Å². The van der Waals surface area contributed by atoms with E-state index in [1.807, 2.05) is 4.90 Å². The second-order valence-electron chi connectivity index (χ2n) is 5.08. The number of hydrogen-bond acceptors (Lipinski definition) is 2. The first-order chi connectivity index (χ1) is 10.4. The number of likely N-dealkylation sites (tertiary alicyclic amines) is 1. The summed E-state index contributed by atoms with van der Waals surface area (Å²) in [6, 6.07) is 0. The minimum Gasteiger partial charge on any atom is -0.366 e. The van der Waals surface area contributed by atoms with Crippen molar-refractivity contribution in [2.45, 2.75) is 25.7 Å². The third-order valence-corrected chi connectivity index (χ3v) is 7.85. The van der Waals surface area contributed by atoms with Gasteiger partial charge in [0, 0.05) is 31.0 Å². The van der Waals surface area contributed by atoms with E-state index < -0.39 is 5.91 Å². The molecule has 0 atom stereocenters. The molecule has 1 saturated heterocycles. The second kappa shape index (κ2) is 7.77. The summed E-state index contributed by atoms with van der Waals surface area (Å²) in [5.74, 6) is -0.632. The Morgan fingerprint density at radius 1 is 0.773 bits per heavy atom. The highest BCUT2D eigenvalue weighted by Gasteiger charge is 2.28. The molecular formula is C14H14Br4N2O2. The maximum atomic E-state index is 12.9. The van der Waals surface area contributed by atoms with E-state index in [2.05, 4.69) is 63.7 Å². The molecule has 0 radical (unpaired) electrons. The van der Waals surface area contributed by atoms with Crippen LogP contribution in [0.2, 0.25) is 0 Å². The normalized spacial score (nSPS) is 15.5. The van der Waals surface area contributed by atoms with E-state index in [0.717, 1.165) is 38.8 Å². The van der Waals surface area contributed by atoms with Crippen LogP contribution in [0.25, 0.3) is 0 Å². The molecule has 1 heterocycles. The van der Waals surface area contributed by atoms with Crippen molar-refractivity contribution in [1.29, 1.82) is 0 Å². The van der Waals surface area contributed by atoms with Crippen molar-refractivity contribution in [3.05, 3.63) is 29.0 Å². The summed E-state index contributed by atoms with van der Waals surface area (Å²) in [6.07, 6.45) is 4.34. The molecule has 120 valence electrons. The fourth-order valence-corrected chi connectivity index (χ4v) is 5.32. The van der Waals surface area contributed by atoms with E-state index in [-0.39, 0.29) is 5.91 Å². The molecule has 0 bridgehead atoms. The van der Waals surface area contributed by atoms with Crippen LogP contribution in [-0.2, 0) is 0 Å². The van der Waals surface area contributed by atoms with Gasteiger partial charge in [-0.2, -0.15) is 0 Å². The summed E-state index contributed by atoms with van der Waals surface area (Å²) in [4.78, 5) is 26.4. The summed E-state index contributed by atoms with van der Waals surface area (Å²) < 4.78 is 2.03. The Labute approximate surface area is 162 Å². The number of nitrogens with two attached hydrogens (primary N) is 1. The highest BCUT2D eigenvalue weighted by atomic mass is 79.9. The molecule has 2 N–H and O–H groups in total. The number of carbonyl (C=O) groups excluding carboxylic acids is 2. The zero-order valence-electron chi connectivity index (χ0n) is 11.6. The summed E-state index contributed by atoms with van der Waals surface area (Å²) in [5.41, 5.74) is 6.20. The Hall–Kier alpha value is 0.0800. The number of carbonyl (C=O) groups is 2. The number of amides is 2. The molecule has 8 heteroatoms. The lowest BCUT2D eigenvalue weighted by Gasteiger charge is -2.23. The molecule has 0 saturated carbocycles. The first-order valence-corrected chi connectivity index (χ1v) is 9.98. The van der Waals surface area contributed by atoms with Crippen LogP contribution < -0.4 is 5.73 Å². The average Bonchev–Trinajstić information content (AvgIpc) is 2.74. The van der Waals surface area contributed by atoms with Gasteiger partial charge in [0.25, 0.3) is 11.8 Å². The lowest BCUT2D eigenvalue weighted by atomic mass is 10.1. The minimum absolute atomic E-state index is 0.0573. The summed E-state index contributed by atoms with van der Waals surface area (Å²) in [5, 5.41) is 0. The van der Waals surface area contributed by atoms with Gasteiger partial charge in [-0.05, 0) is 76.6 Å². The molecule has 0 aliphatic carbocycles. The summed E-state index contributed by atoms with van der Waals surface area (Å²) >= 11 is 13.5. The third-order valence-electron chi connectivity index (χ3n) is 3.62. The Balaban J connectivity index is 2.51. The van der Waals surface area contributed by atoms with Gasteiger partial charge >= 0.3 is 0 Å². The molecule has 4 nitrogen and oxygen atoms in total. The lowest BCUT2D eigenvalue weighted by molar-refractivity contribution is 0.0759. The first-order valence-electron chi connectivity index (χ1n) is 6.81. The number of hydrogen-bond donors (Lipinski definition) is 1. The van der Waals surface area contributed by atoms with E-state index in [9.17, 15) is 9.59 Å². The molecule has 2 rings (SSSR count). The van der Waals surface area contributed by atoms with Crippen molar-refractivity contribution in [2.75, 3.05) is 13.1 Å². The fourth-order valence-electron chi connectivity index (χ4n) is 2.47. The monoisotopic (exact) mass is 558 g/mol. The topological polar surface area (TPSA) is 63.4 Å². The van der Waals surface area contributed by atoms with Gasteiger partial charge in [0.2, 0.25) is 0 Å². The van der Waals surface area contributed by atoms with Crippen LogP contribution in [0.3, 0.4) is 0 Å². The average molecular weight is 562 g/mol. The molecule has 1 aliphatic heterocycles. The van der Waals surface area contributed by atoms with Gasteiger partial charge in [0.15, 0.2) is 0 Å². The Morgan fingerprint density at radius 2 is 1.18 bits per heavy atom. The summed E-state index contributed by atoms with van der Waals surface area (Å²) in [6.45, 7) is 1.51. The standard InChI is InChI=1S/C14H14Br4N2O2/c15-9-7(13(19)21)10(16)12(18)8(11(9)17)14(22)20-5-3-1-2-4-6-20/h1-6H2,(H2,19,21). The molecule has 0 spiro atoms. The molecule has 22 heavy (non-hydrogen) atoms. The predicted octanol–water partition coefficient (Wildman–Crippen LogP) is 4.85. The highest BCUT2D eigenvalue weighted by Crippen LogP contribution is 2.42. The van der Waals surface area contributed by atoms with Gasteiger partial charge in [-0.25, -0.2) is 0 Å². The molecule has 0 aromatic heterocycles. The van der Waals surface area contributed by atoms with Crippen molar-refractivity contribution < 1.29 is 9.59 Å². The Morgan fingerprint density at radius 3 is 1.59 bits per heavy atom. The predicted molar refractivity (Wildman–Crippen MR) is 100 cm³/mol. The molecule has 0 unspecified atom stereocenters. The van der Waals surface area contributed by atoms with Crippen LogP contribution in [0.4, 0.5) is 0 Å². The number of rotatable bonds is 2. The van der Waals surface area contributed by atoms with Gasteiger partial charge in [-0.1, -0.05) is 12.8 Å². The van der Waals surface area contributed by atoms with Crippen molar-refractivity contribution in [2.24, 2.45) is 5.73 Å². The van der Waals surface area contributed by atoms with E-state index in [4.69, 9.17) is 5.73 Å². The molecule has 1 fully saturated rings. The maximum absolute atomic E-state index is 12.9. The van der Waals surface area contributed by atoms with Gasteiger partial charge in [-0.15, -0.1) is 0 Å². The Bertz CT molecular complexity index is 597. The lowest BCUT2D eigenvalue weighted by Crippen LogP contribution is -2.32. The molecule has 1 aromatic carbocycles. The van der Waals surface area contributed by atoms with Gasteiger partial charge in [-0.3, -0.25) is 9.59 Å². The van der Waals surface area contributed by atoms with Gasteiger partial charge in [0.1, 0.15) is 0 Å². The SMILES string of the molecule is NC(=O)c1c(Br)c(Br)c(C(=O)N2CCCCCC2)c(Br)c1Br. The largest absolute Gasteiger partial charge is 0.366 e. The van der Waals surface area contributed by atoms with Crippen LogP contribution >= 0.6 is 63.7 Å². The number of halogens is 4. The molecular weight excluding hydrogens is 548 g/mol. The number of benzene rings is 1. The highest BCUT2D eigenvalue weighted by molar-refractivity contribution is 9.14. The van der Waals surface area contributed by atoms with Gasteiger partial charge < -0.3 is 10.6 Å². The van der Waals surface area contributed by atoms with Crippen LogP contribution in [0.5, 0.6) is 0 Å². The van der Waals surface area contributed by atoms with Crippen LogP contribution in [-0.4, -0.2) is 29.8 Å². The molecule has 1 aliphatic rings. The maximum Gasteiger partial charge on any atom is 0.256 e. The first kappa shape index (κ1) is 18.4. The minimum atomic E-state index is -0.575. The van der Waals surface area contributed by atoms with Crippen LogP contribution in [0.15, 0.2) is 17.9 Å². The smallest absolute Gasteiger partial charge is 0.256 e. The molecule has 1 aromatic rings. The van der Waals surface area contributed by atoms with Crippen LogP contribution in [0, 0.1) is 0 Å². The Kier molecular flexibility index (Phi) is 6.50. The van der Waals surface area contributed by atoms with E-state index in [0.29, 0.717) is 29.0 Å². The van der Waals surface area contributed by atoms with Crippen molar-refractivity contribution >= 4 is 75.5 Å². The quantitative estimate of drug-likeness (QED) is 0.525. The fraction of sp³-hybridized carbons (Fsp3) is 0.429. The number of nitrogens with zero attached hydrogens (tertiary/aromatic N) is 1. The van der Waals surface area contributed by atoms with Crippen molar-refractivity contribution in [1.82, 2.24) is 4.90 Å². The molecule has 2 amide bonds. The second-order valence-corrected chi connectivity index (χ2v) is 8.25. The zero-order valence-corrected chi connectivity index (χ0v) is 17.9.